The highest BCUT2D eigenvalue weighted by atomic mass is 32.2. The van der Waals surface area contributed by atoms with Crippen LogP contribution >= 0.6 is 11.8 Å². The Morgan fingerprint density at radius 2 is 1.96 bits per heavy atom. The van der Waals surface area contributed by atoms with Gasteiger partial charge in [0.2, 0.25) is 5.91 Å². The molecule has 26 heavy (non-hydrogen) atoms. The van der Waals surface area contributed by atoms with Gasteiger partial charge in [-0.05, 0) is 56.2 Å². The number of anilines is 1. The lowest BCUT2D eigenvalue weighted by Gasteiger charge is -2.07. The molecule has 0 bridgehead atoms. The molecular formula is C20H22N4OS. The predicted molar refractivity (Wildman–Crippen MR) is 106 cm³/mol. The van der Waals surface area contributed by atoms with Gasteiger partial charge < -0.3 is 5.32 Å². The summed E-state index contributed by atoms with van der Waals surface area (Å²) in [7, 11) is 0. The quantitative estimate of drug-likeness (QED) is 0.629. The van der Waals surface area contributed by atoms with Crippen LogP contribution in [0.15, 0.2) is 47.4 Å². The lowest BCUT2D eigenvalue weighted by Crippen LogP contribution is -2.12. The van der Waals surface area contributed by atoms with E-state index < -0.39 is 0 Å². The number of aromatic nitrogens is 3. The Balaban J connectivity index is 1.54. The third-order valence-electron chi connectivity index (χ3n) is 4.08. The molecule has 0 aliphatic heterocycles. The molecule has 0 saturated heterocycles. The van der Waals surface area contributed by atoms with Crippen molar-refractivity contribution in [1.82, 2.24) is 15.2 Å². The molecule has 1 heterocycles. The normalized spacial score (nSPS) is 10.7. The number of carbonyl (C=O) groups excluding carboxylic acids is 1. The first kappa shape index (κ1) is 18.2. The Kier molecular flexibility index (Phi) is 5.73. The summed E-state index contributed by atoms with van der Waals surface area (Å²) in [5, 5.41) is 9.93. The molecule has 0 fully saturated rings. The number of aryl methyl sites for hydroxylation is 3. The lowest BCUT2D eigenvalue weighted by molar-refractivity contribution is -0.115. The van der Waals surface area contributed by atoms with E-state index in [-0.39, 0.29) is 5.91 Å². The van der Waals surface area contributed by atoms with Crippen LogP contribution in [-0.2, 0) is 4.79 Å². The van der Waals surface area contributed by atoms with Crippen molar-refractivity contribution in [3.05, 3.63) is 59.4 Å². The van der Waals surface area contributed by atoms with Gasteiger partial charge in [-0.1, -0.05) is 18.2 Å². The minimum atomic E-state index is 0.00431. The van der Waals surface area contributed by atoms with Gasteiger partial charge in [0.05, 0.1) is 0 Å². The molecule has 6 heteroatoms. The first-order valence-electron chi connectivity index (χ1n) is 8.50. The number of nitrogens with one attached hydrogen (secondary N) is 2. The van der Waals surface area contributed by atoms with Crippen molar-refractivity contribution in [2.75, 3.05) is 11.1 Å². The summed E-state index contributed by atoms with van der Waals surface area (Å²) < 4.78 is 0. The van der Waals surface area contributed by atoms with Crippen molar-refractivity contribution in [3.63, 3.8) is 0 Å². The summed E-state index contributed by atoms with van der Waals surface area (Å²) >= 11 is 1.70. The Morgan fingerprint density at radius 3 is 2.69 bits per heavy atom. The number of hydrogen-bond acceptors (Lipinski definition) is 4. The molecule has 1 amide bonds. The van der Waals surface area contributed by atoms with Crippen molar-refractivity contribution in [3.8, 4) is 11.4 Å². The summed E-state index contributed by atoms with van der Waals surface area (Å²) in [4.78, 5) is 17.7. The van der Waals surface area contributed by atoms with E-state index in [0.29, 0.717) is 12.2 Å². The Hall–Kier alpha value is -2.60. The van der Waals surface area contributed by atoms with Gasteiger partial charge in [0.25, 0.3) is 0 Å². The zero-order chi connectivity index (χ0) is 18.5. The van der Waals surface area contributed by atoms with Crippen LogP contribution in [0.2, 0.25) is 0 Å². The average molecular weight is 366 g/mol. The molecule has 0 aliphatic carbocycles. The molecule has 0 saturated carbocycles. The molecule has 3 rings (SSSR count). The first-order chi connectivity index (χ1) is 12.5. The molecule has 3 aromatic rings. The van der Waals surface area contributed by atoms with E-state index in [4.69, 9.17) is 0 Å². The Bertz CT molecular complexity index is 920. The number of amides is 1. The monoisotopic (exact) mass is 366 g/mol. The molecule has 0 unspecified atom stereocenters. The van der Waals surface area contributed by atoms with E-state index in [1.54, 1.807) is 11.8 Å². The van der Waals surface area contributed by atoms with Gasteiger partial charge in [0.1, 0.15) is 5.82 Å². The number of benzene rings is 2. The van der Waals surface area contributed by atoms with Crippen molar-refractivity contribution >= 4 is 23.4 Å². The molecular weight excluding hydrogens is 344 g/mol. The van der Waals surface area contributed by atoms with Crippen molar-refractivity contribution < 1.29 is 4.79 Å². The van der Waals surface area contributed by atoms with Crippen LogP contribution in [0.1, 0.15) is 23.4 Å². The molecule has 0 radical (unpaired) electrons. The maximum atomic E-state index is 12.2. The van der Waals surface area contributed by atoms with E-state index in [2.05, 4.69) is 52.5 Å². The molecule has 2 aromatic carbocycles. The summed E-state index contributed by atoms with van der Waals surface area (Å²) in [6, 6.07) is 14.0. The smallest absolute Gasteiger partial charge is 0.225 e. The molecule has 5 nitrogen and oxygen atoms in total. The van der Waals surface area contributed by atoms with Gasteiger partial charge in [-0.15, -0.1) is 11.8 Å². The fraction of sp³-hybridized carbons (Fsp3) is 0.250. The third-order valence-corrected chi connectivity index (χ3v) is 5.07. The Labute approximate surface area is 157 Å². The lowest BCUT2D eigenvalue weighted by atomic mass is 10.1. The zero-order valence-corrected chi connectivity index (χ0v) is 16.0. The van der Waals surface area contributed by atoms with Crippen molar-refractivity contribution in [2.24, 2.45) is 0 Å². The highest BCUT2D eigenvalue weighted by Gasteiger charge is 2.07. The van der Waals surface area contributed by atoms with Crippen LogP contribution in [0.25, 0.3) is 11.4 Å². The molecule has 2 N–H and O–H groups in total. The van der Waals surface area contributed by atoms with Crippen LogP contribution < -0.4 is 5.32 Å². The van der Waals surface area contributed by atoms with Crippen LogP contribution in [0.5, 0.6) is 0 Å². The second-order valence-corrected chi connectivity index (χ2v) is 7.39. The van der Waals surface area contributed by atoms with Crippen LogP contribution in [0.4, 0.5) is 5.69 Å². The number of nitrogens with zero attached hydrogens (tertiary/aromatic N) is 2. The number of carbonyl (C=O) groups is 1. The van der Waals surface area contributed by atoms with E-state index in [9.17, 15) is 4.79 Å². The topological polar surface area (TPSA) is 70.7 Å². The summed E-state index contributed by atoms with van der Waals surface area (Å²) in [5.41, 5.74) is 4.19. The number of thioether (sulfide) groups is 1. The van der Waals surface area contributed by atoms with Crippen molar-refractivity contribution in [2.45, 2.75) is 32.1 Å². The Morgan fingerprint density at radius 1 is 1.12 bits per heavy atom. The summed E-state index contributed by atoms with van der Waals surface area (Å²) in [6.07, 6.45) is 0.460. The van der Waals surface area contributed by atoms with Crippen LogP contribution in [0.3, 0.4) is 0 Å². The number of hydrogen-bond donors (Lipinski definition) is 2. The van der Waals surface area contributed by atoms with E-state index in [1.165, 1.54) is 16.0 Å². The summed E-state index contributed by atoms with van der Waals surface area (Å²) in [5.74, 6) is 2.14. The fourth-order valence-electron chi connectivity index (χ4n) is 2.50. The van der Waals surface area contributed by atoms with E-state index in [0.717, 1.165) is 22.8 Å². The molecule has 1 aromatic heterocycles. The highest BCUT2D eigenvalue weighted by Crippen LogP contribution is 2.23. The average Bonchev–Trinajstić information content (AvgIpc) is 3.05. The zero-order valence-electron chi connectivity index (χ0n) is 15.2. The number of H-pyrrole nitrogens is 1. The maximum Gasteiger partial charge on any atom is 0.225 e. The van der Waals surface area contributed by atoms with Crippen molar-refractivity contribution in [1.29, 1.82) is 0 Å². The SMILES string of the molecule is Cc1nc(-c2cccc(NC(=O)CCSc3ccc(C)c(C)c3)c2)n[nH]1. The highest BCUT2D eigenvalue weighted by molar-refractivity contribution is 7.99. The van der Waals surface area contributed by atoms with Gasteiger partial charge in [0.15, 0.2) is 5.82 Å². The number of aromatic amines is 1. The largest absolute Gasteiger partial charge is 0.326 e. The second-order valence-electron chi connectivity index (χ2n) is 6.22. The fourth-order valence-corrected chi connectivity index (χ4v) is 3.44. The van der Waals surface area contributed by atoms with E-state index in [1.807, 2.05) is 31.2 Å². The standard InChI is InChI=1S/C20H22N4OS/c1-13-7-8-18(11-14(13)2)26-10-9-19(25)22-17-6-4-5-16(12-17)20-21-15(3)23-24-20/h4-8,11-12H,9-10H2,1-3H3,(H,22,25)(H,21,23,24). The van der Waals surface area contributed by atoms with Crippen LogP contribution in [0, 0.1) is 20.8 Å². The molecule has 0 aliphatic rings. The third kappa shape index (κ3) is 4.73. The van der Waals surface area contributed by atoms with E-state index >= 15 is 0 Å². The van der Waals surface area contributed by atoms with Gasteiger partial charge in [-0.25, -0.2) is 4.98 Å². The molecule has 0 atom stereocenters. The maximum absolute atomic E-state index is 12.2. The first-order valence-corrected chi connectivity index (χ1v) is 9.49. The van der Waals surface area contributed by atoms with Gasteiger partial charge in [0, 0.05) is 28.3 Å². The minimum Gasteiger partial charge on any atom is -0.326 e. The molecule has 0 spiro atoms. The molecule has 134 valence electrons. The van der Waals surface area contributed by atoms with Crippen LogP contribution in [-0.4, -0.2) is 26.8 Å². The van der Waals surface area contributed by atoms with Gasteiger partial charge in [-0.2, -0.15) is 5.10 Å². The second kappa shape index (κ2) is 8.19. The predicted octanol–water partition coefficient (Wildman–Crippen LogP) is 4.52. The van der Waals surface area contributed by atoms with Gasteiger partial charge >= 0.3 is 0 Å². The number of rotatable bonds is 6. The summed E-state index contributed by atoms with van der Waals surface area (Å²) in [6.45, 7) is 6.06. The van der Waals surface area contributed by atoms with Gasteiger partial charge in [-0.3, -0.25) is 9.89 Å². The minimum absolute atomic E-state index is 0.00431.